The number of rotatable bonds is 3. The first kappa shape index (κ1) is 13.0. The van der Waals surface area contributed by atoms with E-state index in [1.165, 1.54) is 5.56 Å². The van der Waals surface area contributed by atoms with Gasteiger partial charge < -0.3 is 10.8 Å². The van der Waals surface area contributed by atoms with Crippen LogP contribution in [-0.2, 0) is 18.4 Å². The molecule has 1 saturated heterocycles. The summed E-state index contributed by atoms with van der Waals surface area (Å²) >= 11 is 0. The van der Waals surface area contributed by atoms with Crippen molar-refractivity contribution in [1.82, 2.24) is 14.7 Å². The number of nitrogens with zero attached hydrogens (tertiary/aromatic N) is 3. The minimum atomic E-state index is -1.09. The molecule has 0 aliphatic carbocycles. The van der Waals surface area contributed by atoms with Crippen molar-refractivity contribution in [1.29, 1.82) is 0 Å². The summed E-state index contributed by atoms with van der Waals surface area (Å²) in [5.41, 5.74) is 8.07. The van der Waals surface area contributed by atoms with Crippen LogP contribution in [0.5, 0.6) is 0 Å². The lowest BCUT2D eigenvalue weighted by Gasteiger charge is -2.20. The van der Waals surface area contributed by atoms with Crippen molar-refractivity contribution in [2.45, 2.75) is 32.4 Å². The maximum absolute atomic E-state index is 11.1. The highest BCUT2D eigenvalue weighted by molar-refractivity contribution is 5.79. The van der Waals surface area contributed by atoms with Crippen molar-refractivity contribution in [2.75, 3.05) is 13.1 Å². The Kier molecular flexibility index (Phi) is 3.16. The zero-order chi connectivity index (χ0) is 13.5. The van der Waals surface area contributed by atoms with Crippen molar-refractivity contribution in [3.05, 3.63) is 17.0 Å². The van der Waals surface area contributed by atoms with Crippen molar-refractivity contribution < 1.29 is 9.90 Å². The summed E-state index contributed by atoms with van der Waals surface area (Å²) in [6.45, 7) is 5.84. The highest BCUT2D eigenvalue weighted by atomic mass is 16.4. The minimum Gasteiger partial charge on any atom is -0.480 e. The van der Waals surface area contributed by atoms with Crippen LogP contribution < -0.4 is 5.73 Å². The number of likely N-dealkylation sites (tertiary alicyclic amines) is 1. The second kappa shape index (κ2) is 4.37. The number of carboxylic acid groups (broad SMARTS) is 1. The first-order valence-electron chi connectivity index (χ1n) is 6.07. The SMILES string of the molecule is Cc1nn(C)c(C)c1CN1CCC(N)(C(=O)O)C1. The second-order valence-electron chi connectivity index (χ2n) is 5.19. The van der Waals surface area contributed by atoms with Gasteiger partial charge in [0, 0.05) is 37.9 Å². The van der Waals surface area contributed by atoms with E-state index < -0.39 is 11.5 Å². The summed E-state index contributed by atoms with van der Waals surface area (Å²) in [4.78, 5) is 13.2. The lowest BCUT2D eigenvalue weighted by atomic mass is 10.0. The average molecular weight is 252 g/mol. The van der Waals surface area contributed by atoms with E-state index in [1.54, 1.807) is 0 Å². The first-order valence-corrected chi connectivity index (χ1v) is 6.07. The Labute approximate surface area is 106 Å². The van der Waals surface area contributed by atoms with Crippen molar-refractivity contribution in [3.63, 3.8) is 0 Å². The Hall–Kier alpha value is -1.40. The van der Waals surface area contributed by atoms with Crippen molar-refractivity contribution in [2.24, 2.45) is 12.8 Å². The van der Waals surface area contributed by atoms with E-state index >= 15 is 0 Å². The lowest BCUT2D eigenvalue weighted by molar-refractivity contribution is -0.142. The molecule has 0 amide bonds. The standard InChI is InChI=1S/C12H20N4O2/c1-8-10(9(2)15(3)14-8)6-16-5-4-12(13,7-16)11(17)18/h4-7,13H2,1-3H3,(H,17,18). The monoisotopic (exact) mass is 252 g/mol. The number of aromatic nitrogens is 2. The maximum atomic E-state index is 11.1. The quantitative estimate of drug-likeness (QED) is 0.792. The molecule has 1 unspecified atom stereocenters. The van der Waals surface area contributed by atoms with E-state index in [4.69, 9.17) is 10.8 Å². The van der Waals surface area contributed by atoms with E-state index in [1.807, 2.05) is 25.6 Å². The van der Waals surface area contributed by atoms with Gasteiger partial charge in [0.25, 0.3) is 0 Å². The van der Waals surface area contributed by atoms with Gasteiger partial charge in [-0.15, -0.1) is 0 Å². The zero-order valence-electron chi connectivity index (χ0n) is 11.1. The molecule has 1 aliphatic rings. The van der Waals surface area contributed by atoms with E-state index in [0.29, 0.717) is 13.0 Å². The van der Waals surface area contributed by atoms with Crippen LogP contribution in [0.4, 0.5) is 0 Å². The molecule has 18 heavy (non-hydrogen) atoms. The third kappa shape index (κ3) is 2.13. The van der Waals surface area contributed by atoms with Crippen LogP contribution in [-0.4, -0.2) is 44.4 Å². The van der Waals surface area contributed by atoms with Gasteiger partial charge in [0.05, 0.1) is 5.69 Å². The van der Waals surface area contributed by atoms with E-state index in [-0.39, 0.29) is 0 Å². The van der Waals surface area contributed by atoms with Crippen LogP contribution in [0, 0.1) is 13.8 Å². The number of carbonyl (C=O) groups is 1. The largest absolute Gasteiger partial charge is 0.480 e. The van der Waals surface area contributed by atoms with Gasteiger partial charge in [-0.05, 0) is 20.3 Å². The average Bonchev–Trinajstić information content (AvgIpc) is 2.77. The molecule has 2 heterocycles. The van der Waals surface area contributed by atoms with Crippen LogP contribution >= 0.6 is 0 Å². The summed E-state index contributed by atoms with van der Waals surface area (Å²) in [6.07, 6.45) is 0.501. The van der Waals surface area contributed by atoms with Crippen LogP contribution in [0.25, 0.3) is 0 Å². The Morgan fingerprint density at radius 2 is 2.22 bits per heavy atom. The summed E-state index contributed by atoms with van der Waals surface area (Å²) in [5.74, 6) is -0.912. The topological polar surface area (TPSA) is 84.4 Å². The van der Waals surface area contributed by atoms with E-state index in [9.17, 15) is 4.79 Å². The smallest absolute Gasteiger partial charge is 0.325 e. The van der Waals surface area contributed by atoms with Crippen LogP contribution in [0.2, 0.25) is 0 Å². The molecule has 1 aromatic heterocycles. The number of aliphatic carboxylic acids is 1. The molecule has 0 aromatic carbocycles. The minimum absolute atomic E-state index is 0.399. The van der Waals surface area contributed by atoms with Gasteiger partial charge in [-0.2, -0.15) is 5.10 Å². The molecule has 1 aromatic rings. The van der Waals surface area contributed by atoms with E-state index in [0.717, 1.165) is 24.5 Å². The van der Waals surface area contributed by atoms with Crippen molar-refractivity contribution >= 4 is 5.97 Å². The van der Waals surface area contributed by atoms with Gasteiger partial charge in [0.2, 0.25) is 0 Å². The number of hydrogen-bond donors (Lipinski definition) is 2. The molecular formula is C12H20N4O2. The summed E-state index contributed by atoms with van der Waals surface area (Å²) in [6, 6.07) is 0. The third-order valence-corrected chi connectivity index (χ3v) is 3.85. The molecule has 0 spiro atoms. The fourth-order valence-electron chi connectivity index (χ4n) is 2.49. The van der Waals surface area contributed by atoms with Crippen molar-refractivity contribution in [3.8, 4) is 0 Å². The number of carboxylic acids is 1. The van der Waals surface area contributed by atoms with Crippen LogP contribution in [0.15, 0.2) is 0 Å². The number of nitrogens with two attached hydrogens (primary N) is 1. The van der Waals surface area contributed by atoms with Gasteiger partial charge in [0.15, 0.2) is 0 Å². The van der Waals surface area contributed by atoms with Gasteiger partial charge in [0.1, 0.15) is 5.54 Å². The molecule has 100 valence electrons. The van der Waals surface area contributed by atoms with Gasteiger partial charge >= 0.3 is 5.97 Å². The Morgan fingerprint density at radius 3 is 2.67 bits per heavy atom. The molecule has 2 rings (SSSR count). The van der Waals surface area contributed by atoms with Crippen LogP contribution in [0.1, 0.15) is 23.4 Å². The highest BCUT2D eigenvalue weighted by Crippen LogP contribution is 2.23. The molecule has 1 atom stereocenters. The van der Waals surface area contributed by atoms with Gasteiger partial charge in [-0.25, -0.2) is 0 Å². The second-order valence-corrected chi connectivity index (χ2v) is 5.19. The Morgan fingerprint density at radius 1 is 1.56 bits per heavy atom. The van der Waals surface area contributed by atoms with Crippen LogP contribution in [0.3, 0.4) is 0 Å². The zero-order valence-corrected chi connectivity index (χ0v) is 11.1. The van der Waals surface area contributed by atoms with E-state index in [2.05, 4.69) is 10.00 Å². The lowest BCUT2D eigenvalue weighted by Crippen LogP contribution is -2.50. The maximum Gasteiger partial charge on any atom is 0.325 e. The molecule has 0 saturated carbocycles. The molecule has 1 fully saturated rings. The molecule has 3 N–H and O–H groups in total. The molecule has 0 bridgehead atoms. The third-order valence-electron chi connectivity index (χ3n) is 3.85. The fraction of sp³-hybridized carbons (Fsp3) is 0.667. The molecule has 6 nitrogen and oxygen atoms in total. The Bertz CT molecular complexity index is 483. The molecule has 1 aliphatic heterocycles. The Balaban J connectivity index is 2.10. The molecule has 6 heteroatoms. The summed E-state index contributed by atoms with van der Waals surface area (Å²) in [5, 5.41) is 13.5. The summed E-state index contributed by atoms with van der Waals surface area (Å²) < 4.78 is 1.85. The fourth-order valence-corrected chi connectivity index (χ4v) is 2.49. The highest BCUT2D eigenvalue weighted by Gasteiger charge is 2.41. The predicted molar refractivity (Wildman–Crippen MR) is 67.1 cm³/mol. The summed E-state index contributed by atoms with van der Waals surface area (Å²) in [7, 11) is 1.92. The first-order chi connectivity index (χ1) is 8.33. The number of hydrogen-bond acceptors (Lipinski definition) is 4. The van der Waals surface area contributed by atoms with Gasteiger partial charge in [-0.1, -0.05) is 0 Å². The number of aryl methyl sites for hydroxylation is 2. The van der Waals surface area contributed by atoms with Gasteiger partial charge in [-0.3, -0.25) is 14.4 Å². The predicted octanol–water partition coefficient (Wildman–Crippen LogP) is 0.0247. The molecule has 0 radical (unpaired) electrons. The molecular weight excluding hydrogens is 232 g/mol. The normalized spacial score (nSPS) is 24.7.